The number of aryl methyl sites for hydroxylation is 4. The molecule has 24 heavy (non-hydrogen) atoms. The molecule has 7 nitrogen and oxygen atoms in total. The van der Waals surface area contributed by atoms with Crippen molar-refractivity contribution in [1.29, 1.82) is 0 Å². The summed E-state index contributed by atoms with van der Waals surface area (Å²) in [7, 11) is -2.40. The van der Waals surface area contributed by atoms with E-state index in [1.165, 1.54) is 7.05 Å². The number of sulfonamides is 1. The molecule has 2 rings (SSSR count). The first kappa shape index (κ1) is 18.2. The standard InChI is InChI=1S/C16H22N4O3S/c1-10-6-7-14(11(2)8-10)17-15(21)9-20(5)24(22,23)16-12(3)18-19-13(16)4/h6-8H,9H2,1-5H3,(H,17,21)(H,18,19). The molecule has 0 fully saturated rings. The summed E-state index contributed by atoms with van der Waals surface area (Å²) in [6.45, 7) is 6.83. The summed E-state index contributed by atoms with van der Waals surface area (Å²) in [6, 6.07) is 5.65. The van der Waals surface area contributed by atoms with Gasteiger partial charge in [-0.3, -0.25) is 9.89 Å². The summed E-state index contributed by atoms with van der Waals surface area (Å²) < 4.78 is 26.3. The number of likely N-dealkylation sites (N-methyl/N-ethyl adjacent to an activating group) is 1. The zero-order chi connectivity index (χ0) is 18.1. The van der Waals surface area contributed by atoms with Crippen LogP contribution >= 0.6 is 0 Å². The number of benzene rings is 1. The molecule has 1 aromatic carbocycles. The lowest BCUT2D eigenvalue weighted by atomic mass is 10.1. The van der Waals surface area contributed by atoms with Gasteiger partial charge < -0.3 is 5.32 Å². The molecule has 0 bridgehead atoms. The molecule has 0 unspecified atom stereocenters. The van der Waals surface area contributed by atoms with Gasteiger partial charge in [-0.25, -0.2) is 8.42 Å². The van der Waals surface area contributed by atoms with Crippen LogP contribution in [0.1, 0.15) is 22.5 Å². The Hall–Kier alpha value is -2.19. The molecule has 0 aliphatic heterocycles. The summed E-state index contributed by atoms with van der Waals surface area (Å²) >= 11 is 0. The average molecular weight is 350 g/mol. The smallest absolute Gasteiger partial charge is 0.246 e. The molecule has 2 aromatic rings. The van der Waals surface area contributed by atoms with Gasteiger partial charge in [0, 0.05) is 12.7 Å². The van der Waals surface area contributed by atoms with Crippen molar-refractivity contribution in [2.24, 2.45) is 0 Å². The van der Waals surface area contributed by atoms with Crippen molar-refractivity contribution >= 4 is 21.6 Å². The minimum atomic E-state index is -3.78. The molecule has 0 spiro atoms. The number of carbonyl (C=O) groups excluding carboxylic acids is 1. The second-order valence-corrected chi connectivity index (χ2v) is 7.87. The van der Waals surface area contributed by atoms with Crippen LogP contribution in [0.5, 0.6) is 0 Å². The lowest BCUT2D eigenvalue weighted by molar-refractivity contribution is -0.116. The summed E-state index contributed by atoms with van der Waals surface area (Å²) in [4.78, 5) is 12.3. The van der Waals surface area contributed by atoms with E-state index in [1.807, 2.05) is 26.0 Å². The maximum absolute atomic E-state index is 12.6. The van der Waals surface area contributed by atoms with Crippen LogP contribution in [0.3, 0.4) is 0 Å². The number of nitrogens with zero attached hydrogens (tertiary/aromatic N) is 2. The van der Waals surface area contributed by atoms with Crippen molar-refractivity contribution in [2.75, 3.05) is 18.9 Å². The molecular weight excluding hydrogens is 328 g/mol. The van der Waals surface area contributed by atoms with Gasteiger partial charge in [0.05, 0.1) is 17.9 Å². The zero-order valence-electron chi connectivity index (χ0n) is 14.5. The fourth-order valence-corrected chi connectivity index (χ4v) is 3.96. The fourth-order valence-electron chi connectivity index (χ4n) is 2.51. The highest BCUT2D eigenvalue weighted by molar-refractivity contribution is 7.89. The van der Waals surface area contributed by atoms with E-state index < -0.39 is 15.9 Å². The first-order valence-electron chi connectivity index (χ1n) is 7.48. The number of anilines is 1. The Balaban J connectivity index is 2.14. The van der Waals surface area contributed by atoms with Crippen LogP contribution in [-0.4, -0.2) is 42.4 Å². The molecule has 1 aromatic heterocycles. The van der Waals surface area contributed by atoms with Crippen molar-refractivity contribution in [3.05, 3.63) is 40.7 Å². The highest BCUT2D eigenvalue weighted by atomic mass is 32.2. The van der Waals surface area contributed by atoms with Crippen LogP contribution in [-0.2, 0) is 14.8 Å². The summed E-state index contributed by atoms with van der Waals surface area (Å²) in [5.41, 5.74) is 3.53. The SMILES string of the molecule is Cc1ccc(NC(=O)CN(C)S(=O)(=O)c2c(C)n[nH]c2C)c(C)c1. The van der Waals surface area contributed by atoms with Crippen LogP contribution in [0.2, 0.25) is 0 Å². The maximum atomic E-state index is 12.6. The average Bonchev–Trinajstić information content (AvgIpc) is 2.81. The van der Waals surface area contributed by atoms with E-state index in [0.717, 1.165) is 15.4 Å². The van der Waals surface area contributed by atoms with E-state index in [2.05, 4.69) is 15.5 Å². The number of nitrogens with one attached hydrogen (secondary N) is 2. The minimum Gasteiger partial charge on any atom is -0.325 e. The largest absolute Gasteiger partial charge is 0.325 e. The fraction of sp³-hybridized carbons (Fsp3) is 0.375. The van der Waals surface area contributed by atoms with Gasteiger partial charge in [-0.1, -0.05) is 17.7 Å². The molecule has 1 heterocycles. The third kappa shape index (κ3) is 3.65. The highest BCUT2D eigenvalue weighted by Gasteiger charge is 2.28. The number of carbonyl (C=O) groups is 1. The molecule has 130 valence electrons. The van der Waals surface area contributed by atoms with Gasteiger partial charge in [-0.2, -0.15) is 9.40 Å². The monoisotopic (exact) mass is 350 g/mol. The molecule has 2 N–H and O–H groups in total. The molecule has 0 atom stereocenters. The molecule has 0 saturated carbocycles. The molecule has 1 amide bonds. The van der Waals surface area contributed by atoms with Crippen LogP contribution in [0, 0.1) is 27.7 Å². The van der Waals surface area contributed by atoms with Crippen molar-refractivity contribution in [2.45, 2.75) is 32.6 Å². The zero-order valence-corrected chi connectivity index (χ0v) is 15.3. The van der Waals surface area contributed by atoms with Gasteiger partial charge in [-0.05, 0) is 39.3 Å². The Morgan fingerprint density at radius 3 is 2.46 bits per heavy atom. The number of rotatable bonds is 5. The Labute approximate surface area is 142 Å². The van der Waals surface area contributed by atoms with Crippen molar-refractivity contribution in [3.8, 4) is 0 Å². The van der Waals surface area contributed by atoms with Crippen molar-refractivity contribution in [1.82, 2.24) is 14.5 Å². The molecule has 0 radical (unpaired) electrons. The van der Waals surface area contributed by atoms with Gasteiger partial charge in [0.15, 0.2) is 0 Å². The Morgan fingerprint density at radius 2 is 1.92 bits per heavy atom. The predicted octanol–water partition coefficient (Wildman–Crippen LogP) is 1.90. The molecule has 0 saturated heterocycles. The van der Waals surface area contributed by atoms with E-state index in [-0.39, 0.29) is 11.4 Å². The molecule has 0 aliphatic rings. The topological polar surface area (TPSA) is 95.2 Å². The van der Waals surface area contributed by atoms with Gasteiger partial charge >= 0.3 is 0 Å². The van der Waals surface area contributed by atoms with Crippen molar-refractivity contribution < 1.29 is 13.2 Å². The van der Waals surface area contributed by atoms with E-state index in [1.54, 1.807) is 19.9 Å². The van der Waals surface area contributed by atoms with Crippen LogP contribution in [0.4, 0.5) is 5.69 Å². The van der Waals surface area contributed by atoms with Crippen molar-refractivity contribution in [3.63, 3.8) is 0 Å². The molecular formula is C16H22N4O3S. The van der Waals surface area contributed by atoms with E-state index in [0.29, 0.717) is 17.1 Å². The lowest BCUT2D eigenvalue weighted by Gasteiger charge is -2.17. The van der Waals surface area contributed by atoms with E-state index in [4.69, 9.17) is 0 Å². The number of amides is 1. The quantitative estimate of drug-likeness (QED) is 0.861. The Morgan fingerprint density at radius 1 is 1.25 bits per heavy atom. The van der Waals surface area contributed by atoms with Crippen LogP contribution in [0.15, 0.2) is 23.1 Å². The summed E-state index contributed by atoms with van der Waals surface area (Å²) in [5, 5.41) is 9.29. The van der Waals surface area contributed by atoms with E-state index in [9.17, 15) is 13.2 Å². The second kappa shape index (κ2) is 6.74. The van der Waals surface area contributed by atoms with Gasteiger partial charge in [0.25, 0.3) is 0 Å². The van der Waals surface area contributed by atoms with Gasteiger partial charge in [0.1, 0.15) is 4.90 Å². The number of H-pyrrole nitrogens is 1. The van der Waals surface area contributed by atoms with Crippen LogP contribution in [0.25, 0.3) is 0 Å². The number of aromatic nitrogens is 2. The van der Waals surface area contributed by atoms with Crippen LogP contribution < -0.4 is 5.32 Å². The summed E-state index contributed by atoms with van der Waals surface area (Å²) in [6.07, 6.45) is 0. The number of hydrogen-bond acceptors (Lipinski definition) is 4. The summed E-state index contributed by atoms with van der Waals surface area (Å²) in [5.74, 6) is -0.396. The van der Waals surface area contributed by atoms with Gasteiger partial charge in [-0.15, -0.1) is 0 Å². The van der Waals surface area contributed by atoms with Gasteiger partial charge in [0.2, 0.25) is 15.9 Å². The third-order valence-corrected chi connectivity index (χ3v) is 5.82. The second-order valence-electron chi connectivity index (χ2n) is 5.89. The predicted molar refractivity (Wildman–Crippen MR) is 92.4 cm³/mol. The number of aromatic amines is 1. The first-order chi connectivity index (χ1) is 11.1. The Bertz CT molecular complexity index is 852. The third-order valence-electron chi connectivity index (χ3n) is 3.75. The first-order valence-corrected chi connectivity index (χ1v) is 8.92. The minimum absolute atomic E-state index is 0.115. The number of hydrogen-bond donors (Lipinski definition) is 2. The molecule has 8 heteroatoms. The molecule has 0 aliphatic carbocycles. The lowest BCUT2D eigenvalue weighted by Crippen LogP contribution is -2.35. The van der Waals surface area contributed by atoms with E-state index >= 15 is 0 Å². The Kier molecular flexibility index (Phi) is 5.10. The highest BCUT2D eigenvalue weighted by Crippen LogP contribution is 2.21. The maximum Gasteiger partial charge on any atom is 0.246 e. The normalized spacial score (nSPS) is 11.8.